The Bertz CT molecular complexity index is 1630. The van der Waals surface area contributed by atoms with E-state index >= 15 is 0 Å². The van der Waals surface area contributed by atoms with Gasteiger partial charge in [-0.3, -0.25) is 10.2 Å². The number of nitrogens with one attached hydrogen (secondary N) is 2. The number of hydrogen-bond acceptors (Lipinski definition) is 8. The molecule has 4 rings (SSSR count). The van der Waals surface area contributed by atoms with Crippen LogP contribution in [-0.4, -0.2) is 51.1 Å². The van der Waals surface area contributed by atoms with Crippen molar-refractivity contribution in [3.05, 3.63) is 93.7 Å². The molecule has 204 valence electrons. The molecule has 3 aromatic carbocycles. The first-order valence-electron chi connectivity index (χ1n) is 11.6. The zero-order valence-electron chi connectivity index (χ0n) is 20.7. The maximum absolute atomic E-state index is 13.5. The third-order valence-corrected chi connectivity index (χ3v) is 6.73. The van der Waals surface area contributed by atoms with Crippen molar-refractivity contribution in [3.8, 4) is 5.75 Å². The number of aliphatic carboxylic acids is 1. The van der Waals surface area contributed by atoms with Gasteiger partial charge < -0.3 is 36.6 Å². The lowest BCUT2D eigenvalue weighted by molar-refractivity contribution is -0.142. The molecule has 0 fully saturated rings. The summed E-state index contributed by atoms with van der Waals surface area (Å²) < 4.78 is 5.48. The molecular formula is C27H23N5O7S. The Morgan fingerprint density at radius 1 is 1.02 bits per heavy atom. The smallest absolute Gasteiger partial charge is 0.345 e. The number of carbonyl (C=O) groups is 4. The quantitative estimate of drug-likeness (QED) is 0.0578. The topological polar surface area (TPSA) is 209 Å². The maximum Gasteiger partial charge on any atom is 0.345 e. The number of ether oxygens (including phenoxy) is 1. The summed E-state index contributed by atoms with van der Waals surface area (Å²) in [5, 5.41) is 31.1. The van der Waals surface area contributed by atoms with Crippen LogP contribution in [0.4, 0.5) is 5.69 Å². The van der Waals surface area contributed by atoms with Gasteiger partial charge in [-0.25, -0.2) is 14.4 Å². The van der Waals surface area contributed by atoms with Crippen molar-refractivity contribution in [2.75, 3.05) is 5.32 Å². The number of aromatic carboxylic acids is 1. The molecule has 13 heteroatoms. The van der Waals surface area contributed by atoms with Gasteiger partial charge in [0, 0.05) is 17.8 Å². The van der Waals surface area contributed by atoms with Crippen molar-refractivity contribution in [1.29, 1.82) is 5.41 Å². The van der Waals surface area contributed by atoms with Gasteiger partial charge in [-0.2, -0.15) is 0 Å². The molecule has 12 nitrogen and oxygen atoms in total. The van der Waals surface area contributed by atoms with Gasteiger partial charge in [0.2, 0.25) is 0 Å². The van der Waals surface area contributed by atoms with Crippen molar-refractivity contribution in [1.82, 2.24) is 4.90 Å². The molecule has 4 aromatic rings. The Hall–Kier alpha value is -5.27. The first-order valence-corrected chi connectivity index (χ1v) is 12.5. The second-order valence-electron chi connectivity index (χ2n) is 8.53. The zero-order chi connectivity index (χ0) is 29.0. The molecule has 0 bridgehead atoms. The molecule has 0 spiro atoms. The normalized spacial score (nSPS) is 11.4. The number of benzene rings is 3. The number of nitrogens with two attached hydrogens (primary N) is 2. The number of nitrogens with zero attached hydrogens (tertiary/aromatic N) is 1. The summed E-state index contributed by atoms with van der Waals surface area (Å²) in [6, 6.07) is 17.0. The Morgan fingerprint density at radius 2 is 1.75 bits per heavy atom. The molecule has 1 aromatic heterocycles. The fourth-order valence-electron chi connectivity index (χ4n) is 3.87. The lowest BCUT2D eigenvalue weighted by Gasteiger charge is -2.26. The summed E-state index contributed by atoms with van der Waals surface area (Å²) in [5.41, 5.74) is 12.5. The summed E-state index contributed by atoms with van der Waals surface area (Å²) in [6.45, 7) is -0.219. The van der Waals surface area contributed by atoms with Gasteiger partial charge in [-0.05, 0) is 76.3 Å². The van der Waals surface area contributed by atoms with Crippen LogP contribution in [0.3, 0.4) is 0 Å². The van der Waals surface area contributed by atoms with Crippen LogP contribution in [0.2, 0.25) is 0 Å². The van der Waals surface area contributed by atoms with Crippen LogP contribution in [0.1, 0.15) is 36.0 Å². The second-order valence-corrected chi connectivity index (χ2v) is 9.45. The highest BCUT2D eigenvalue weighted by atomic mass is 32.1. The van der Waals surface area contributed by atoms with Gasteiger partial charge in [-0.1, -0.05) is 12.1 Å². The molecule has 1 heterocycles. The molecule has 8 N–H and O–H groups in total. The van der Waals surface area contributed by atoms with Gasteiger partial charge in [0.1, 0.15) is 10.6 Å². The molecular weight excluding hydrogens is 538 g/mol. The van der Waals surface area contributed by atoms with Gasteiger partial charge >= 0.3 is 17.9 Å². The number of carbonyl (C=O) groups excluding carboxylic acids is 2. The zero-order valence-corrected chi connectivity index (χ0v) is 21.5. The van der Waals surface area contributed by atoms with Crippen molar-refractivity contribution < 1.29 is 34.1 Å². The van der Waals surface area contributed by atoms with E-state index in [0.29, 0.717) is 22.0 Å². The minimum Gasteiger partial charge on any atom is -0.479 e. The minimum absolute atomic E-state index is 0.0437. The SMILES string of the molecule is N=C(N)Nc1ccc(C(=O)Oc2ccc3c(C(=O)N(Cc4csc(C(=O)O)c4)[C@H](N)C(=O)O)cccc3c2)cc1. The molecule has 0 saturated carbocycles. The maximum atomic E-state index is 13.5. The van der Waals surface area contributed by atoms with E-state index in [9.17, 15) is 29.4 Å². The predicted molar refractivity (Wildman–Crippen MR) is 148 cm³/mol. The first kappa shape index (κ1) is 27.8. The number of thiophene rings is 1. The molecule has 1 atom stereocenters. The highest BCUT2D eigenvalue weighted by Crippen LogP contribution is 2.27. The predicted octanol–water partition coefficient (Wildman–Crippen LogP) is 3.14. The van der Waals surface area contributed by atoms with Gasteiger partial charge in [0.25, 0.3) is 5.91 Å². The van der Waals surface area contributed by atoms with Crippen LogP contribution < -0.4 is 21.5 Å². The Labute approximate surface area is 230 Å². The van der Waals surface area contributed by atoms with E-state index in [0.717, 1.165) is 16.2 Å². The lowest BCUT2D eigenvalue weighted by atomic mass is 10.0. The summed E-state index contributed by atoms with van der Waals surface area (Å²) in [7, 11) is 0. The number of guanidine groups is 1. The van der Waals surface area contributed by atoms with Crippen molar-refractivity contribution in [2.45, 2.75) is 12.7 Å². The highest BCUT2D eigenvalue weighted by Gasteiger charge is 2.29. The molecule has 0 saturated heterocycles. The Balaban J connectivity index is 1.58. The largest absolute Gasteiger partial charge is 0.479 e. The van der Waals surface area contributed by atoms with Crippen LogP contribution in [0, 0.1) is 5.41 Å². The number of rotatable bonds is 9. The standard InChI is InChI=1S/C27H23N5O7S/c28-22(25(36)37)32(12-14-10-21(24(34)35)40-13-14)23(33)20-3-1-2-16-11-18(8-9-19(16)20)39-26(38)15-4-6-17(7-5-15)31-27(29)30/h1-11,13,22H,12,28H2,(H,34,35)(H,36,37)(H4,29,30,31)/t22-/m0/s1. The number of carboxylic acid groups (broad SMARTS) is 2. The number of esters is 1. The molecule has 0 radical (unpaired) electrons. The first-order chi connectivity index (χ1) is 19.0. The fourth-order valence-corrected chi connectivity index (χ4v) is 4.62. The number of anilines is 1. The monoisotopic (exact) mass is 561 g/mol. The molecule has 40 heavy (non-hydrogen) atoms. The van der Waals surface area contributed by atoms with E-state index in [1.54, 1.807) is 36.4 Å². The molecule has 0 aliphatic rings. The molecule has 0 aliphatic carbocycles. The van der Waals surface area contributed by atoms with Crippen LogP contribution in [0.5, 0.6) is 5.75 Å². The summed E-state index contributed by atoms with van der Waals surface area (Å²) in [5.74, 6) is -3.89. The van der Waals surface area contributed by atoms with E-state index in [2.05, 4.69) is 5.32 Å². The average molecular weight is 562 g/mol. The molecule has 0 unspecified atom stereocenters. The van der Waals surface area contributed by atoms with Crippen molar-refractivity contribution >= 4 is 57.6 Å². The summed E-state index contributed by atoms with van der Waals surface area (Å²) >= 11 is 0.954. The van der Waals surface area contributed by atoms with Gasteiger partial charge in [0.05, 0.1) is 5.56 Å². The Kier molecular flexibility index (Phi) is 8.07. The fraction of sp³-hybridized carbons (Fsp3) is 0.0741. The lowest BCUT2D eigenvalue weighted by Crippen LogP contribution is -2.50. The van der Waals surface area contributed by atoms with Crippen LogP contribution in [-0.2, 0) is 11.3 Å². The Morgan fingerprint density at radius 3 is 2.38 bits per heavy atom. The van der Waals surface area contributed by atoms with E-state index in [4.69, 9.17) is 21.6 Å². The third-order valence-electron chi connectivity index (χ3n) is 5.76. The van der Waals surface area contributed by atoms with Gasteiger partial charge in [-0.15, -0.1) is 11.3 Å². The van der Waals surface area contributed by atoms with Crippen molar-refractivity contribution in [2.24, 2.45) is 11.5 Å². The molecule has 1 amide bonds. The summed E-state index contributed by atoms with van der Waals surface area (Å²) in [6.07, 6.45) is -1.69. The van der Waals surface area contributed by atoms with Crippen LogP contribution >= 0.6 is 11.3 Å². The number of amides is 1. The van der Waals surface area contributed by atoms with Crippen LogP contribution in [0.15, 0.2) is 72.1 Å². The van der Waals surface area contributed by atoms with E-state index in [1.165, 1.54) is 35.7 Å². The van der Waals surface area contributed by atoms with Crippen molar-refractivity contribution in [3.63, 3.8) is 0 Å². The number of fused-ring (bicyclic) bond motifs is 1. The van der Waals surface area contributed by atoms with Crippen LogP contribution in [0.25, 0.3) is 10.8 Å². The molecule has 0 aliphatic heterocycles. The second kappa shape index (κ2) is 11.6. The minimum atomic E-state index is -1.69. The third kappa shape index (κ3) is 6.23. The van der Waals surface area contributed by atoms with E-state index in [1.807, 2.05) is 0 Å². The number of carboxylic acids is 2. The average Bonchev–Trinajstić information content (AvgIpc) is 3.39. The summed E-state index contributed by atoms with van der Waals surface area (Å²) in [4.78, 5) is 50.1. The number of hydrogen-bond donors (Lipinski definition) is 6. The van der Waals surface area contributed by atoms with Gasteiger partial charge in [0.15, 0.2) is 12.1 Å². The highest BCUT2D eigenvalue weighted by molar-refractivity contribution is 7.12. The van der Waals surface area contributed by atoms with E-state index < -0.39 is 30.0 Å². The van der Waals surface area contributed by atoms with E-state index in [-0.39, 0.29) is 34.3 Å².